The lowest BCUT2D eigenvalue weighted by molar-refractivity contribution is 0.205. The molecule has 0 aromatic heterocycles. The Hall–Kier alpha value is -2.76. The molecule has 0 aliphatic carbocycles. The molecule has 3 rings (SSSR count). The van der Waals surface area contributed by atoms with Crippen molar-refractivity contribution in [1.82, 2.24) is 10.2 Å². The molecule has 1 atom stereocenters. The summed E-state index contributed by atoms with van der Waals surface area (Å²) in [6.45, 7) is 4.55. The van der Waals surface area contributed by atoms with Crippen LogP contribution in [0, 0.1) is 18.7 Å². The van der Waals surface area contributed by atoms with Crippen LogP contribution < -0.4 is 15.0 Å². The molecule has 0 unspecified atom stereocenters. The van der Waals surface area contributed by atoms with Crippen molar-refractivity contribution in [2.24, 2.45) is 5.92 Å². The zero-order chi connectivity index (χ0) is 20.1. The van der Waals surface area contributed by atoms with E-state index in [1.165, 1.54) is 6.07 Å². The zero-order valence-electron chi connectivity index (χ0n) is 16.7. The summed E-state index contributed by atoms with van der Waals surface area (Å²) in [6.07, 6.45) is 1.02. The van der Waals surface area contributed by atoms with E-state index in [9.17, 15) is 9.18 Å². The van der Waals surface area contributed by atoms with E-state index < -0.39 is 0 Å². The number of halogens is 1. The standard InChI is InChI=1S/C22H28FN3O2/c1-16-8-9-17(12-19(16)23)14-25(2)22(27)24-13-18-10-11-26(15-18)20-6-4-5-7-21(20)28-3/h4-9,12,18H,10-11,13-15H2,1-3H3,(H,24,27)/t18-/m0/s1. The fraction of sp³-hybridized carbons (Fsp3) is 0.409. The maximum atomic E-state index is 13.7. The van der Waals surface area contributed by atoms with Crippen LogP contribution in [0.15, 0.2) is 42.5 Å². The average Bonchev–Trinajstić information content (AvgIpc) is 3.17. The summed E-state index contributed by atoms with van der Waals surface area (Å²) in [4.78, 5) is 16.3. The summed E-state index contributed by atoms with van der Waals surface area (Å²) in [5, 5.41) is 3.01. The maximum absolute atomic E-state index is 13.7. The minimum Gasteiger partial charge on any atom is -0.495 e. The molecule has 1 aliphatic heterocycles. The molecule has 6 heteroatoms. The molecule has 1 heterocycles. The molecule has 150 valence electrons. The van der Waals surface area contributed by atoms with Gasteiger partial charge in [0.1, 0.15) is 11.6 Å². The Bertz CT molecular complexity index is 827. The summed E-state index contributed by atoms with van der Waals surface area (Å²) in [5.41, 5.74) is 2.48. The van der Waals surface area contributed by atoms with E-state index >= 15 is 0 Å². The Morgan fingerprint density at radius 3 is 2.86 bits per heavy atom. The van der Waals surface area contributed by atoms with Crippen molar-refractivity contribution >= 4 is 11.7 Å². The molecule has 1 aliphatic rings. The fourth-order valence-corrected chi connectivity index (χ4v) is 3.56. The molecule has 0 radical (unpaired) electrons. The number of benzene rings is 2. The summed E-state index contributed by atoms with van der Waals surface area (Å²) in [5.74, 6) is 1.02. The van der Waals surface area contributed by atoms with Crippen molar-refractivity contribution in [1.29, 1.82) is 0 Å². The minimum atomic E-state index is -0.242. The number of carbonyl (C=O) groups excluding carboxylic acids is 1. The van der Waals surface area contributed by atoms with Gasteiger partial charge in [-0.15, -0.1) is 0 Å². The number of ether oxygens (including phenoxy) is 1. The third-order valence-electron chi connectivity index (χ3n) is 5.26. The lowest BCUT2D eigenvalue weighted by atomic mass is 10.1. The number of aryl methyl sites for hydroxylation is 1. The number of carbonyl (C=O) groups is 1. The largest absolute Gasteiger partial charge is 0.495 e. The number of methoxy groups -OCH3 is 1. The number of amides is 2. The predicted octanol–water partition coefficient (Wildman–Crippen LogP) is 3.81. The van der Waals surface area contributed by atoms with E-state index in [4.69, 9.17) is 4.74 Å². The Kier molecular flexibility index (Phi) is 6.39. The molecular formula is C22H28FN3O2. The monoisotopic (exact) mass is 385 g/mol. The number of nitrogens with one attached hydrogen (secondary N) is 1. The molecule has 5 nitrogen and oxygen atoms in total. The van der Waals surface area contributed by atoms with Crippen molar-refractivity contribution < 1.29 is 13.9 Å². The molecule has 2 aromatic rings. The Labute approximate surface area is 166 Å². The van der Waals surface area contributed by atoms with Gasteiger partial charge in [0.05, 0.1) is 12.8 Å². The second-order valence-corrected chi connectivity index (χ2v) is 7.40. The first kappa shape index (κ1) is 20.0. The van der Waals surface area contributed by atoms with E-state index in [0.717, 1.165) is 36.5 Å². The van der Waals surface area contributed by atoms with Crippen LogP contribution in [-0.4, -0.2) is 44.7 Å². The number of hydrogen-bond acceptors (Lipinski definition) is 3. The average molecular weight is 385 g/mol. The summed E-state index contributed by atoms with van der Waals surface area (Å²) < 4.78 is 19.1. The third kappa shape index (κ3) is 4.74. The highest BCUT2D eigenvalue weighted by atomic mass is 19.1. The lowest BCUT2D eigenvalue weighted by Crippen LogP contribution is -2.39. The van der Waals surface area contributed by atoms with E-state index in [2.05, 4.69) is 16.3 Å². The fourth-order valence-electron chi connectivity index (χ4n) is 3.56. The van der Waals surface area contributed by atoms with Gasteiger partial charge >= 0.3 is 6.03 Å². The Morgan fingerprint density at radius 2 is 2.11 bits per heavy atom. The summed E-state index contributed by atoms with van der Waals surface area (Å²) in [7, 11) is 3.41. The van der Waals surface area contributed by atoms with Gasteiger partial charge in [0.2, 0.25) is 0 Å². The van der Waals surface area contributed by atoms with E-state index in [1.54, 1.807) is 32.0 Å². The van der Waals surface area contributed by atoms with Crippen LogP contribution in [0.1, 0.15) is 17.5 Å². The lowest BCUT2D eigenvalue weighted by Gasteiger charge is -2.22. The molecule has 0 saturated carbocycles. The van der Waals surface area contributed by atoms with Crippen LogP contribution in [0.4, 0.5) is 14.9 Å². The van der Waals surface area contributed by atoms with Gasteiger partial charge in [-0.1, -0.05) is 24.3 Å². The molecule has 2 aromatic carbocycles. The maximum Gasteiger partial charge on any atom is 0.317 e. The number of rotatable bonds is 6. The first-order valence-electron chi connectivity index (χ1n) is 9.60. The van der Waals surface area contributed by atoms with Gasteiger partial charge in [0.15, 0.2) is 0 Å². The first-order chi connectivity index (χ1) is 13.5. The topological polar surface area (TPSA) is 44.8 Å². The normalized spacial score (nSPS) is 16.1. The number of nitrogens with zero attached hydrogens (tertiary/aromatic N) is 2. The van der Waals surface area contributed by atoms with Gasteiger partial charge in [-0.2, -0.15) is 0 Å². The van der Waals surface area contributed by atoms with E-state index in [0.29, 0.717) is 24.6 Å². The van der Waals surface area contributed by atoms with Crippen LogP contribution in [0.3, 0.4) is 0 Å². The van der Waals surface area contributed by atoms with Gasteiger partial charge in [-0.3, -0.25) is 0 Å². The highest BCUT2D eigenvalue weighted by Crippen LogP contribution is 2.31. The number of urea groups is 1. The van der Waals surface area contributed by atoms with Crippen molar-refractivity contribution in [2.75, 3.05) is 38.7 Å². The molecule has 0 spiro atoms. The molecule has 1 N–H and O–H groups in total. The highest BCUT2D eigenvalue weighted by molar-refractivity contribution is 5.73. The van der Waals surface area contributed by atoms with Gasteiger partial charge in [0.25, 0.3) is 0 Å². The quantitative estimate of drug-likeness (QED) is 0.822. The molecular weight excluding hydrogens is 357 g/mol. The van der Waals surface area contributed by atoms with Crippen molar-refractivity contribution in [2.45, 2.75) is 19.9 Å². The van der Waals surface area contributed by atoms with E-state index in [-0.39, 0.29) is 11.8 Å². The molecule has 28 heavy (non-hydrogen) atoms. The SMILES string of the molecule is COc1ccccc1N1CC[C@@H](CNC(=O)N(C)Cc2ccc(C)c(F)c2)C1. The van der Waals surface area contributed by atoms with Gasteiger partial charge in [0, 0.05) is 33.2 Å². The second kappa shape index (κ2) is 8.95. The van der Waals surface area contributed by atoms with Crippen molar-refractivity contribution in [3.05, 3.63) is 59.4 Å². The van der Waals surface area contributed by atoms with Crippen LogP contribution in [0.5, 0.6) is 5.75 Å². The zero-order valence-corrected chi connectivity index (χ0v) is 16.7. The number of para-hydroxylation sites is 2. The molecule has 1 fully saturated rings. The van der Waals surface area contributed by atoms with Crippen LogP contribution >= 0.6 is 0 Å². The Balaban J connectivity index is 1.49. The number of anilines is 1. The first-order valence-corrected chi connectivity index (χ1v) is 9.60. The predicted molar refractivity (Wildman–Crippen MR) is 109 cm³/mol. The highest BCUT2D eigenvalue weighted by Gasteiger charge is 2.25. The number of hydrogen-bond donors (Lipinski definition) is 1. The molecule has 1 saturated heterocycles. The summed E-state index contributed by atoms with van der Waals surface area (Å²) in [6, 6.07) is 12.9. The van der Waals surface area contributed by atoms with Gasteiger partial charge < -0.3 is 19.9 Å². The summed E-state index contributed by atoms with van der Waals surface area (Å²) >= 11 is 0. The molecule has 0 bridgehead atoms. The van der Waals surface area contributed by atoms with Gasteiger partial charge in [-0.25, -0.2) is 9.18 Å². The second-order valence-electron chi connectivity index (χ2n) is 7.40. The van der Waals surface area contributed by atoms with Crippen LogP contribution in [-0.2, 0) is 6.54 Å². The molecule has 2 amide bonds. The van der Waals surface area contributed by atoms with Crippen LogP contribution in [0.25, 0.3) is 0 Å². The smallest absolute Gasteiger partial charge is 0.317 e. The van der Waals surface area contributed by atoms with E-state index in [1.807, 2.05) is 24.3 Å². The van der Waals surface area contributed by atoms with Gasteiger partial charge in [-0.05, 0) is 48.6 Å². The Morgan fingerprint density at radius 1 is 1.32 bits per heavy atom. The van der Waals surface area contributed by atoms with Crippen molar-refractivity contribution in [3.63, 3.8) is 0 Å². The minimum absolute atomic E-state index is 0.142. The third-order valence-corrected chi connectivity index (χ3v) is 5.26. The van der Waals surface area contributed by atoms with Crippen molar-refractivity contribution in [3.8, 4) is 5.75 Å². The van der Waals surface area contributed by atoms with Crippen LogP contribution in [0.2, 0.25) is 0 Å².